The molecule has 0 saturated heterocycles. The Kier molecular flexibility index (Phi) is 5.62. The van der Waals surface area contributed by atoms with Crippen molar-refractivity contribution in [3.63, 3.8) is 0 Å². The molecule has 6 heteroatoms. The monoisotopic (exact) mass is 286 g/mol. The number of hydrogen-bond donors (Lipinski definition) is 1. The van der Waals surface area contributed by atoms with E-state index < -0.39 is 10.0 Å². The lowest BCUT2D eigenvalue weighted by atomic mass is 10.3. The molecule has 1 aromatic carbocycles. The first-order valence-corrected chi connectivity index (χ1v) is 7.95. The van der Waals surface area contributed by atoms with Crippen molar-refractivity contribution in [3.05, 3.63) is 24.3 Å². The lowest BCUT2D eigenvalue weighted by molar-refractivity contribution is 0.327. The van der Waals surface area contributed by atoms with E-state index in [0.717, 1.165) is 0 Å². The van der Waals surface area contributed by atoms with Gasteiger partial charge >= 0.3 is 0 Å². The number of rotatable bonds is 7. The topological polar surface area (TPSA) is 72.6 Å². The van der Waals surface area contributed by atoms with E-state index in [-0.39, 0.29) is 18.4 Å². The normalized spacial score (nSPS) is 12.1. The fourth-order valence-corrected chi connectivity index (χ4v) is 3.39. The molecule has 0 aliphatic carbocycles. The van der Waals surface area contributed by atoms with E-state index in [1.54, 1.807) is 24.3 Å². The second kappa shape index (κ2) is 6.77. The quantitative estimate of drug-likeness (QED) is 0.774. The maximum atomic E-state index is 12.1. The molecular formula is C13H22N2O3S. The van der Waals surface area contributed by atoms with Crippen molar-refractivity contribution in [2.24, 2.45) is 0 Å². The van der Waals surface area contributed by atoms with Crippen LogP contribution in [0.3, 0.4) is 0 Å². The van der Waals surface area contributed by atoms with Crippen LogP contribution in [0.2, 0.25) is 0 Å². The highest BCUT2D eigenvalue weighted by atomic mass is 32.2. The SMILES string of the molecule is CCN(C(C)C)S(=O)(=O)CCOc1ccc(N)cc1. The molecule has 0 aliphatic heterocycles. The van der Waals surface area contributed by atoms with Gasteiger partial charge in [-0.1, -0.05) is 6.92 Å². The number of nitrogens with zero attached hydrogens (tertiary/aromatic N) is 1. The van der Waals surface area contributed by atoms with Crippen LogP contribution >= 0.6 is 0 Å². The van der Waals surface area contributed by atoms with Crippen molar-refractivity contribution >= 4 is 15.7 Å². The smallest absolute Gasteiger partial charge is 0.217 e. The summed E-state index contributed by atoms with van der Waals surface area (Å²) in [6.45, 7) is 6.17. The summed E-state index contributed by atoms with van der Waals surface area (Å²) in [6.07, 6.45) is 0. The van der Waals surface area contributed by atoms with Crippen molar-refractivity contribution in [1.82, 2.24) is 4.31 Å². The van der Waals surface area contributed by atoms with Gasteiger partial charge in [-0.05, 0) is 38.1 Å². The van der Waals surface area contributed by atoms with E-state index in [1.165, 1.54) is 4.31 Å². The summed E-state index contributed by atoms with van der Waals surface area (Å²) >= 11 is 0. The number of nitrogens with two attached hydrogens (primary N) is 1. The fourth-order valence-electron chi connectivity index (χ4n) is 1.83. The van der Waals surface area contributed by atoms with Crippen molar-refractivity contribution in [1.29, 1.82) is 0 Å². The molecule has 0 heterocycles. The first-order valence-electron chi connectivity index (χ1n) is 6.34. The van der Waals surface area contributed by atoms with Crippen LogP contribution in [0.5, 0.6) is 5.75 Å². The van der Waals surface area contributed by atoms with Crippen molar-refractivity contribution in [2.75, 3.05) is 24.6 Å². The van der Waals surface area contributed by atoms with Crippen LogP contribution in [-0.4, -0.2) is 37.7 Å². The summed E-state index contributed by atoms with van der Waals surface area (Å²) < 4.78 is 31.0. The average molecular weight is 286 g/mol. The molecule has 0 aromatic heterocycles. The second-order valence-corrected chi connectivity index (χ2v) is 6.57. The molecule has 0 saturated carbocycles. The van der Waals surface area contributed by atoms with Crippen LogP contribution in [0.15, 0.2) is 24.3 Å². The molecule has 0 atom stereocenters. The van der Waals surface area contributed by atoms with Gasteiger partial charge in [-0.25, -0.2) is 8.42 Å². The summed E-state index contributed by atoms with van der Waals surface area (Å²) in [5, 5.41) is 0. The number of benzene rings is 1. The third-order valence-electron chi connectivity index (χ3n) is 2.74. The van der Waals surface area contributed by atoms with Gasteiger partial charge in [-0.2, -0.15) is 4.31 Å². The van der Waals surface area contributed by atoms with Crippen molar-refractivity contribution in [3.8, 4) is 5.75 Å². The van der Waals surface area contributed by atoms with Crippen LogP contribution in [0.4, 0.5) is 5.69 Å². The Hall–Kier alpha value is -1.27. The molecule has 2 N–H and O–H groups in total. The molecule has 0 unspecified atom stereocenters. The molecule has 108 valence electrons. The van der Waals surface area contributed by atoms with Crippen LogP contribution < -0.4 is 10.5 Å². The van der Waals surface area contributed by atoms with Gasteiger partial charge in [0.15, 0.2) is 0 Å². The van der Waals surface area contributed by atoms with Crippen molar-refractivity contribution < 1.29 is 13.2 Å². The highest BCUT2D eigenvalue weighted by molar-refractivity contribution is 7.89. The summed E-state index contributed by atoms with van der Waals surface area (Å²) in [4.78, 5) is 0. The Morgan fingerprint density at radius 3 is 2.32 bits per heavy atom. The zero-order valence-corrected chi connectivity index (χ0v) is 12.5. The predicted octanol–water partition coefficient (Wildman–Crippen LogP) is 1.71. The van der Waals surface area contributed by atoms with Crippen LogP contribution in [0.25, 0.3) is 0 Å². The summed E-state index contributed by atoms with van der Waals surface area (Å²) in [5.41, 5.74) is 6.21. The molecule has 5 nitrogen and oxygen atoms in total. The first-order chi connectivity index (χ1) is 8.86. The molecule has 19 heavy (non-hydrogen) atoms. The molecule has 1 aromatic rings. The number of nitrogen functional groups attached to an aromatic ring is 1. The van der Waals surface area contributed by atoms with Gasteiger partial charge in [0, 0.05) is 18.3 Å². The van der Waals surface area contributed by atoms with Gasteiger partial charge in [0.25, 0.3) is 0 Å². The van der Waals surface area contributed by atoms with Gasteiger partial charge in [0.2, 0.25) is 10.0 Å². The molecule has 0 spiro atoms. The van der Waals surface area contributed by atoms with Gasteiger partial charge in [0.05, 0.1) is 5.75 Å². The van der Waals surface area contributed by atoms with Crippen LogP contribution in [0.1, 0.15) is 20.8 Å². The maximum Gasteiger partial charge on any atom is 0.217 e. The summed E-state index contributed by atoms with van der Waals surface area (Å²) in [7, 11) is -3.27. The summed E-state index contributed by atoms with van der Waals surface area (Å²) in [6, 6.07) is 6.85. The van der Waals surface area contributed by atoms with E-state index in [1.807, 2.05) is 20.8 Å². The molecule has 0 bridgehead atoms. The minimum Gasteiger partial charge on any atom is -0.492 e. The lowest BCUT2D eigenvalue weighted by Crippen LogP contribution is -2.39. The largest absolute Gasteiger partial charge is 0.492 e. The minimum atomic E-state index is -3.27. The fraction of sp³-hybridized carbons (Fsp3) is 0.538. The number of ether oxygens (including phenoxy) is 1. The van der Waals surface area contributed by atoms with E-state index in [2.05, 4.69) is 0 Å². The Labute approximate surface area is 115 Å². The highest BCUT2D eigenvalue weighted by Crippen LogP contribution is 2.13. The van der Waals surface area contributed by atoms with Crippen molar-refractivity contribution in [2.45, 2.75) is 26.8 Å². The third kappa shape index (κ3) is 4.72. The van der Waals surface area contributed by atoms with Gasteiger partial charge in [0.1, 0.15) is 12.4 Å². The Morgan fingerprint density at radius 1 is 1.26 bits per heavy atom. The zero-order chi connectivity index (χ0) is 14.5. The Bertz CT molecular complexity index is 483. The highest BCUT2D eigenvalue weighted by Gasteiger charge is 2.22. The third-order valence-corrected chi connectivity index (χ3v) is 4.81. The lowest BCUT2D eigenvalue weighted by Gasteiger charge is -2.24. The van der Waals surface area contributed by atoms with E-state index in [4.69, 9.17) is 10.5 Å². The van der Waals surface area contributed by atoms with Gasteiger partial charge in [-0.15, -0.1) is 0 Å². The number of hydrogen-bond acceptors (Lipinski definition) is 4. The predicted molar refractivity (Wildman–Crippen MR) is 77.7 cm³/mol. The molecule has 0 radical (unpaired) electrons. The molecular weight excluding hydrogens is 264 g/mol. The Balaban J connectivity index is 2.54. The van der Waals surface area contributed by atoms with E-state index in [9.17, 15) is 8.42 Å². The van der Waals surface area contributed by atoms with Gasteiger partial charge in [-0.3, -0.25) is 0 Å². The zero-order valence-electron chi connectivity index (χ0n) is 11.7. The maximum absolute atomic E-state index is 12.1. The van der Waals surface area contributed by atoms with Crippen LogP contribution in [-0.2, 0) is 10.0 Å². The van der Waals surface area contributed by atoms with Crippen LogP contribution in [0, 0.1) is 0 Å². The first kappa shape index (κ1) is 15.8. The second-order valence-electron chi connectivity index (χ2n) is 4.53. The van der Waals surface area contributed by atoms with E-state index in [0.29, 0.717) is 18.0 Å². The summed E-state index contributed by atoms with van der Waals surface area (Å²) in [5.74, 6) is 0.598. The number of anilines is 1. The van der Waals surface area contributed by atoms with E-state index >= 15 is 0 Å². The number of sulfonamides is 1. The standard InChI is InChI=1S/C13H22N2O3S/c1-4-15(11(2)3)19(16,17)10-9-18-13-7-5-12(14)6-8-13/h5-8,11H,4,9-10,14H2,1-3H3. The van der Waals surface area contributed by atoms with Gasteiger partial charge < -0.3 is 10.5 Å². The molecule has 1 rings (SSSR count). The average Bonchev–Trinajstić information content (AvgIpc) is 2.31. The molecule has 0 fully saturated rings. The molecule has 0 aliphatic rings. The Morgan fingerprint density at radius 2 is 1.84 bits per heavy atom. The molecule has 0 amide bonds. The minimum absolute atomic E-state index is 0.0244.